The molecule has 0 bridgehead atoms. The number of benzene rings is 4. The first-order valence-electron chi connectivity index (χ1n) is 12.8. The van der Waals surface area contributed by atoms with Gasteiger partial charge in [-0.2, -0.15) is 4.31 Å². The fourth-order valence-corrected chi connectivity index (χ4v) is 6.71. The first-order valence-corrected chi connectivity index (χ1v) is 14.2. The SMILES string of the molecule is Cc1cc(C)c(S(=O)(=O)N(CCc2ccccc2)CC(=O)NC(c2ccccc2)c2ccccc2)c(C)c1. The third kappa shape index (κ3) is 6.57. The summed E-state index contributed by atoms with van der Waals surface area (Å²) in [6.45, 7) is 5.47. The number of amides is 1. The molecule has 0 spiro atoms. The minimum atomic E-state index is -3.94. The molecule has 1 N–H and O–H groups in total. The predicted octanol–water partition coefficient (Wildman–Crippen LogP) is 5.75. The molecule has 0 radical (unpaired) electrons. The van der Waals surface area contributed by atoms with Crippen molar-refractivity contribution in [2.45, 2.75) is 38.1 Å². The zero-order chi connectivity index (χ0) is 27.1. The topological polar surface area (TPSA) is 66.5 Å². The minimum absolute atomic E-state index is 0.188. The first kappa shape index (κ1) is 27.3. The number of hydrogen-bond donors (Lipinski definition) is 1. The van der Waals surface area contributed by atoms with E-state index in [0.29, 0.717) is 17.5 Å². The van der Waals surface area contributed by atoms with E-state index in [2.05, 4.69) is 5.32 Å². The number of hydrogen-bond acceptors (Lipinski definition) is 3. The van der Waals surface area contributed by atoms with Crippen molar-refractivity contribution in [2.24, 2.45) is 0 Å². The molecule has 6 heteroatoms. The summed E-state index contributed by atoms with van der Waals surface area (Å²) >= 11 is 0. The molecule has 0 aliphatic heterocycles. The van der Waals surface area contributed by atoms with Crippen LogP contribution in [0.5, 0.6) is 0 Å². The Balaban J connectivity index is 1.65. The molecule has 4 aromatic rings. The lowest BCUT2D eigenvalue weighted by atomic mass is 9.99. The maximum absolute atomic E-state index is 14.0. The molecule has 0 aliphatic rings. The van der Waals surface area contributed by atoms with Crippen LogP contribution in [0.15, 0.2) is 108 Å². The Labute approximate surface area is 226 Å². The van der Waals surface area contributed by atoms with Crippen LogP contribution in [0.2, 0.25) is 0 Å². The van der Waals surface area contributed by atoms with E-state index in [9.17, 15) is 13.2 Å². The van der Waals surface area contributed by atoms with Crippen LogP contribution in [0.25, 0.3) is 0 Å². The van der Waals surface area contributed by atoms with E-state index < -0.39 is 16.1 Å². The molecule has 4 aromatic carbocycles. The second-order valence-electron chi connectivity index (χ2n) is 9.62. The predicted molar refractivity (Wildman–Crippen MR) is 152 cm³/mol. The van der Waals surface area contributed by atoms with Crippen molar-refractivity contribution in [2.75, 3.05) is 13.1 Å². The van der Waals surface area contributed by atoms with Crippen molar-refractivity contribution in [3.8, 4) is 0 Å². The van der Waals surface area contributed by atoms with E-state index in [1.165, 1.54) is 4.31 Å². The largest absolute Gasteiger partial charge is 0.344 e. The molecular formula is C32H34N2O3S. The van der Waals surface area contributed by atoms with Crippen molar-refractivity contribution in [3.63, 3.8) is 0 Å². The molecule has 5 nitrogen and oxygen atoms in total. The maximum Gasteiger partial charge on any atom is 0.244 e. The highest BCUT2D eigenvalue weighted by atomic mass is 32.2. The van der Waals surface area contributed by atoms with E-state index in [0.717, 1.165) is 22.3 Å². The van der Waals surface area contributed by atoms with Gasteiger partial charge < -0.3 is 5.32 Å². The van der Waals surface area contributed by atoms with Gasteiger partial charge in [0.05, 0.1) is 17.5 Å². The van der Waals surface area contributed by atoms with Gasteiger partial charge in [-0.1, -0.05) is 109 Å². The van der Waals surface area contributed by atoms with Crippen molar-refractivity contribution in [1.82, 2.24) is 9.62 Å². The molecule has 0 aliphatic carbocycles. The van der Waals surface area contributed by atoms with E-state index >= 15 is 0 Å². The summed E-state index contributed by atoms with van der Waals surface area (Å²) in [5.74, 6) is -0.359. The first-order chi connectivity index (χ1) is 18.3. The Bertz CT molecular complexity index is 1410. The number of carbonyl (C=O) groups excluding carboxylic acids is 1. The van der Waals surface area contributed by atoms with Crippen molar-refractivity contribution >= 4 is 15.9 Å². The molecule has 0 saturated heterocycles. The van der Waals surface area contributed by atoms with Gasteiger partial charge in [-0.25, -0.2) is 8.42 Å². The lowest BCUT2D eigenvalue weighted by Crippen LogP contribution is -2.43. The van der Waals surface area contributed by atoms with Crippen LogP contribution in [0, 0.1) is 20.8 Å². The lowest BCUT2D eigenvalue weighted by Gasteiger charge is -2.26. The Kier molecular flexibility index (Phi) is 8.77. The van der Waals surface area contributed by atoms with Crippen LogP contribution in [-0.2, 0) is 21.2 Å². The molecular weight excluding hydrogens is 492 g/mol. The van der Waals surface area contributed by atoms with Crippen molar-refractivity contribution < 1.29 is 13.2 Å². The number of carbonyl (C=O) groups is 1. The lowest BCUT2D eigenvalue weighted by molar-refractivity contribution is -0.121. The van der Waals surface area contributed by atoms with E-state index in [4.69, 9.17) is 0 Å². The molecule has 0 aromatic heterocycles. The Morgan fingerprint density at radius 1 is 0.763 bits per heavy atom. The third-order valence-electron chi connectivity index (χ3n) is 6.59. The Morgan fingerprint density at radius 3 is 1.74 bits per heavy atom. The molecule has 0 atom stereocenters. The summed E-state index contributed by atoms with van der Waals surface area (Å²) in [4.78, 5) is 13.8. The Hall–Kier alpha value is -3.74. The molecule has 1 amide bonds. The van der Waals surface area contributed by atoms with Gasteiger partial charge in [0, 0.05) is 6.54 Å². The van der Waals surface area contributed by atoms with Gasteiger partial charge >= 0.3 is 0 Å². The number of nitrogens with one attached hydrogen (secondary N) is 1. The zero-order valence-electron chi connectivity index (χ0n) is 22.1. The summed E-state index contributed by atoms with van der Waals surface area (Å²) < 4.78 is 29.3. The number of nitrogens with zero attached hydrogens (tertiary/aromatic N) is 1. The average molecular weight is 527 g/mol. The third-order valence-corrected chi connectivity index (χ3v) is 8.74. The highest BCUT2D eigenvalue weighted by Gasteiger charge is 2.30. The van der Waals surface area contributed by atoms with Crippen LogP contribution in [0.1, 0.15) is 39.4 Å². The van der Waals surface area contributed by atoms with Crippen LogP contribution < -0.4 is 5.32 Å². The monoisotopic (exact) mass is 526 g/mol. The maximum atomic E-state index is 14.0. The summed E-state index contributed by atoms with van der Waals surface area (Å²) in [6.07, 6.45) is 0.498. The van der Waals surface area contributed by atoms with E-state index in [1.807, 2.05) is 124 Å². The summed E-state index contributed by atoms with van der Waals surface area (Å²) in [6, 6.07) is 32.5. The number of rotatable bonds is 10. The smallest absolute Gasteiger partial charge is 0.244 e. The van der Waals surface area contributed by atoms with Crippen LogP contribution in [-0.4, -0.2) is 31.7 Å². The number of sulfonamides is 1. The van der Waals surface area contributed by atoms with Crippen molar-refractivity contribution in [3.05, 3.63) is 137 Å². The summed E-state index contributed by atoms with van der Waals surface area (Å²) in [5.41, 5.74) is 5.23. The molecule has 4 rings (SSSR count). The normalized spacial score (nSPS) is 11.6. The molecule has 0 unspecified atom stereocenters. The standard InChI is InChI=1S/C32H34N2O3S/c1-24-21-25(2)32(26(3)22-24)38(36,37)34(20-19-27-13-7-4-8-14-27)23-30(35)33-31(28-15-9-5-10-16-28)29-17-11-6-12-18-29/h4-18,21-22,31H,19-20,23H2,1-3H3,(H,33,35). The van der Waals surface area contributed by atoms with Gasteiger partial charge in [-0.05, 0) is 55.0 Å². The quantitative estimate of drug-likeness (QED) is 0.286. The van der Waals surface area contributed by atoms with Gasteiger partial charge in [0.25, 0.3) is 0 Å². The van der Waals surface area contributed by atoms with E-state index in [-0.39, 0.29) is 23.9 Å². The molecule has 196 valence electrons. The minimum Gasteiger partial charge on any atom is -0.344 e. The fourth-order valence-electron chi connectivity index (χ4n) is 4.90. The fraction of sp³-hybridized carbons (Fsp3) is 0.219. The Morgan fingerprint density at radius 2 is 1.24 bits per heavy atom. The van der Waals surface area contributed by atoms with Gasteiger partial charge in [0.15, 0.2) is 0 Å². The summed E-state index contributed by atoms with van der Waals surface area (Å²) in [7, 11) is -3.94. The van der Waals surface area contributed by atoms with Gasteiger partial charge in [0.2, 0.25) is 15.9 Å². The zero-order valence-corrected chi connectivity index (χ0v) is 22.9. The molecule has 0 heterocycles. The van der Waals surface area contributed by atoms with Crippen LogP contribution >= 0.6 is 0 Å². The summed E-state index contributed by atoms with van der Waals surface area (Å²) in [5, 5.41) is 3.10. The average Bonchev–Trinajstić information content (AvgIpc) is 2.90. The van der Waals surface area contributed by atoms with Gasteiger partial charge in [-0.15, -0.1) is 0 Å². The van der Waals surface area contributed by atoms with Crippen LogP contribution in [0.3, 0.4) is 0 Å². The molecule has 38 heavy (non-hydrogen) atoms. The second-order valence-corrected chi connectivity index (χ2v) is 11.5. The molecule has 0 saturated carbocycles. The second kappa shape index (κ2) is 12.2. The highest BCUT2D eigenvalue weighted by molar-refractivity contribution is 7.89. The van der Waals surface area contributed by atoms with E-state index in [1.54, 1.807) is 0 Å². The van der Waals surface area contributed by atoms with Gasteiger partial charge in [0.1, 0.15) is 0 Å². The number of aryl methyl sites for hydroxylation is 3. The van der Waals surface area contributed by atoms with Crippen molar-refractivity contribution in [1.29, 1.82) is 0 Å². The van der Waals surface area contributed by atoms with Gasteiger partial charge in [-0.3, -0.25) is 4.79 Å². The molecule has 0 fully saturated rings. The highest BCUT2D eigenvalue weighted by Crippen LogP contribution is 2.26. The van der Waals surface area contributed by atoms with Crippen LogP contribution in [0.4, 0.5) is 0 Å².